The van der Waals surface area contributed by atoms with Gasteiger partial charge in [0.1, 0.15) is 0 Å². The van der Waals surface area contributed by atoms with Crippen molar-refractivity contribution in [1.82, 2.24) is 5.32 Å². The van der Waals surface area contributed by atoms with Crippen LogP contribution in [0.25, 0.3) is 0 Å². The molecule has 0 radical (unpaired) electrons. The van der Waals surface area contributed by atoms with E-state index >= 15 is 0 Å². The number of hydrogen-bond acceptors (Lipinski definition) is 5. The molecule has 12 heteroatoms. The SMILES string of the molecule is O=C(O)N[C@H]1[C@@H](O)CC[C@H]1C(=O)Nc1cccc(S(=O)(=O)C(F)(F)F)c1. The van der Waals surface area contributed by atoms with Crippen LogP contribution in [0.15, 0.2) is 29.2 Å². The van der Waals surface area contributed by atoms with Gasteiger partial charge in [0.25, 0.3) is 9.84 Å². The minimum absolute atomic E-state index is 0.151. The average Bonchev–Trinajstić information content (AvgIpc) is 2.87. The number of nitrogens with one attached hydrogen (secondary N) is 2. The second-order valence-corrected chi connectivity index (χ2v) is 7.63. The molecule has 3 atom stereocenters. The third kappa shape index (κ3) is 4.07. The highest BCUT2D eigenvalue weighted by molar-refractivity contribution is 7.92. The average molecular weight is 396 g/mol. The van der Waals surface area contributed by atoms with Crippen molar-refractivity contribution in [2.45, 2.75) is 35.4 Å². The Balaban J connectivity index is 2.20. The molecule has 1 aliphatic carbocycles. The Hall–Kier alpha value is -2.34. The molecule has 2 rings (SSSR count). The fraction of sp³-hybridized carbons (Fsp3) is 0.429. The molecule has 1 fully saturated rings. The van der Waals surface area contributed by atoms with Gasteiger partial charge in [0.2, 0.25) is 5.91 Å². The number of sulfone groups is 1. The minimum Gasteiger partial charge on any atom is -0.465 e. The van der Waals surface area contributed by atoms with Crippen LogP contribution in [0.3, 0.4) is 0 Å². The standard InChI is InChI=1S/C14H15F3N2O6S/c15-14(16,17)26(24,25)8-3-1-2-7(6-8)18-12(21)9-4-5-10(20)11(9)19-13(22)23/h1-3,6,9-11,19-20H,4-5H2,(H,18,21)(H,22,23)/t9-,10+,11-/m1/s1. The molecule has 0 aliphatic heterocycles. The van der Waals surface area contributed by atoms with Gasteiger partial charge in [-0.1, -0.05) is 6.07 Å². The van der Waals surface area contributed by atoms with Crippen molar-refractivity contribution in [2.75, 3.05) is 5.32 Å². The highest BCUT2D eigenvalue weighted by Gasteiger charge is 2.47. The smallest absolute Gasteiger partial charge is 0.465 e. The molecule has 1 saturated carbocycles. The number of rotatable bonds is 4. The highest BCUT2D eigenvalue weighted by Crippen LogP contribution is 2.32. The van der Waals surface area contributed by atoms with E-state index in [9.17, 15) is 36.3 Å². The van der Waals surface area contributed by atoms with Gasteiger partial charge in [0, 0.05) is 5.69 Å². The third-order valence-electron chi connectivity index (χ3n) is 3.96. The Labute approximate surface area is 145 Å². The summed E-state index contributed by atoms with van der Waals surface area (Å²) in [5.74, 6) is -1.70. The first-order chi connectivity index (χ1) is 11.9. The van der Waals surface area contributed by atoms with Crippen LogP contribution < -0.4 is 10.6 Å². The predicted octanol–water partition coefficient (Wildman–Crippen LogP) is 1.33. The number of aliphatic hydroxyl groups is 1. The Morgan fingerprint density at radius 1 is 1.19 bits per heavy atom. The molecule has 0 unspecified atom stereocenters. The van der Waals surface area contributed by atoms with Crippen molar-refractivity contribution in [2.24, 2.45) is 5.92 Å². The summed E-state index contributed by atoms with van der Waals surface area (Å²) in [4.78, 5) is 22.0. The van der Waals surface area contributed by atoms with Crippen LogP contribution in [0.1, 0.15) is 12.8 Å². The first-order valence-electron chi connectivity index (χ1n) is 7.33. The van der Waals surface area contributed by atoms with E-state index in [1.807, 2.05) is 5.32 Å². The topological polar surface area (TPSA) is 133 Å². The number of carbonyl (C=O) groups is 2. The second-order valence-electron chi connectivity index (χ2n) is 5.69. The van der Waals surface area contributed by atoms with Gasteiger partial charge in [-0.15, -0.1) is 0 Å². The molecule has 8 nitrogen and oxygen atoms in total. The zero-order chi connectivity index (χ0) is 19.7. The molecule has 1 aliphatic rings. The van der Waals surface area contributed by atoms with Crippen molar-refractivity contribution in [3.63, 3.8) is 0 Å². The first kappa shape index (κ1) is 20.0. The van der Waals surface area contributed by atoms with Gasteiger partial charge < -0.3 is 20.8 Å². The van der Waals surface area contributed by atoms with E-state index in [-0.39, 0.29) is 18.5 Å². The van der Waals surface area contributed by atoms with Gasteiger partial charge in [-0.3, -0.25) is 4.79 Å². The van der Waals surface area contributed by atoms with Gasteiger partial charge in [0.05, 0.1) is 23.0 Å². The van der Waals surface area contributed by atoms with E-state index in [0.717, 1.165) is 12.1 Å². The Morgan fingerprint density at radius 3 is 2.42 bits per heavy atom. The van der Waals surface area contributed by atoms with Crippen LogP contribution in [0.2, 0.25) is 0 Å². The molecule has 0 saturated heterocycles. The number of carbonyl (C=O) groups excluding carboxylic acids is 1. The lowest BCUT2D eigenvalue weighted by atomic mass is 10.0. The van der Waals surface area contributed by atoms with Gasteiger partial charge in [-0.25, -0.2) is 13.2 Å². The molecular formula is C14H15F3N2O6S. The molecule has 0 aromatic heterocycles. The largest absolute Gasteiger partial charge is 0.501 e. The summed E-state index contributed by atoms with van der Waals surface area (Å²) in [6.07, 6.45) is -2.21. The highest BCUT2D eigenvalue weighted by atomic mass is 32.2. The van der Waals surface area contributed by atoms with E-state index in [1.165, 1.54) is 6.07 Å². The molecule has 0 bridgehead atoms. The third-order valence-corrected chi connectivity index (χ3v) is 5.45. The summed E-state index contributed by atoms with van der Waals surface area (Å²) in [7, 11) is -5.57. The summed E-state index contributed by atoms with van der Waals surface area (Å²) in [5, 5.41) is 22.8. The van der Waals surface area contributed by atoms with Crippen molar-refractivity contribution in [3.8, 4) is 0 Å². The monoisotopic (exact) mass is 396 g/mol. The molecule has 0 spiro atoms. The van der Waals surface area contributed by atoms with Crippen molar-refractivity contribution in [3.05, 3.63) is 24.3 Å². The summed E-state index contributed by atoms with van der Waals surface area (Å²) >= 11 is 0. The summed E-state index contributed by atoms with van der Waals surface area (Å²) in [5.41, 5.74) is -5.68. The summed E-state index contributed by atoms with van der Waals surface area (Å²) in [6.45, 7) is 0. The number of benzene rings is 1. The van der Waals surface area contributed by atoms with Crippen molar-refractivity contribution >= 4 is 27.5 Å². The van der Waals surface area contributed by atoms with Crippen molar-refractivity contribution < 1.29 is 41.4 Å². The second kappa shape index (κ2) is 7.11. The number of anilines is 1. The van der Waals surface area contributed by atoms with Crippen molar-refractivity contribution in [1.29, 1.82) is 0 Å². The molecule has 144 valence electrons. The maximum atomic E-state index is 12.6. The number of alkyl halides is 3. The van der Waals surface area contributed by atoms with Gasteiger partial charge >= 0.3 is 11.6 Å². The lowest BCUT2D eigenvalue weighted by molar-refractivity contribution is -0.120. The molecular weight excluding hydrogens is 381 g/mol. The van der Waals surface area contributed by atoms with Gasteiger partial charge in [0.15, 0.2) is 0 Å². The molecule has 4 N–H and O–H groups in total. The fourth-order valence-corrected chi connectivity index (χ4v) is 3.53. The molecule has 0 heterocycles. The van der Waals surface area contributed by atoms with E-state index in [0.29, 0.717) is 6.07 Å². The molecule has 2 amide bonds. The van der Waals surface area contributed by atoms with E-state index < -0.39 is 50.3 Å². The zero-order valence-corrected chi connectivity index (χ0v) is 13.8. The molecule has 1 aromatic rings. The first-order valence-corrected chi connectivity index (χ1v) is 8.81. The number of amides is 2. The predicted molar refractivity (Wildman–Crippen MR) is 82.0 cm³/mol. The Kier molecular flexibility index (Phi) is 5.47. The van der Waals surface area contributed by atoms with Gasteiger partial charge in [-0.2, -0.15) is 13.2 Å². The molecule has 26 heavy (non-hydrogen) atoms. The van der Waals surface area contributed by atoms with Gasteiger partial charge in [-0.05, 0) is 31.0 Å². The molecule has 1 aromatic carbocycles. The van der Waals surface area contributed by atoms with E-state index in [4.69, 9.17) is 5.11 Å². The minimum atomic E-state index is -5.57. The van der Waals surface area contributed by atoms with E-state index in [2.05, 4.69) is 5.32 Å². The quantitative estimate of drug-likeness (QED) is 0.607. The van der Waals surface area contributed by atoms with Crippen LogP contribution in [0.4, 0.5) is 23.7 Å². The van der Waals surface area contributed by atoms with Crippen LogP contribution in [-0.4, -0.2) is 48.3 Å². The zero-order valence-electron chi connectivity index (χ0n) is 13.0. The van der Waals surface area contributed by atoms with Crippen LogP contribution in [0, 0.1) is 5.92 Å². The Morgan fingerprint density at radius 2 is 1.85 bits per heavy atom. The number of halogens is 3. The van der Waals surface area contributed by atoms with E-state index in [1.54, 1.807) is 0 Å². The van der Waals surface area contributed by atoms with Crippen LogP contribution >= 0.6 is 0 Å². The Bertz CT molecular complexity index is 811. The normalized spacial score (nSPS) is 23.5. The number of carboxylic acid groups (broad SMARTS) is 1. The summed E-state index contributed by atoms with van der Waals surface area (Å²) in [6, 6.07) is 2.55. The lowest BCUT2D eigenvalue weighted by Crippen LogP contribution is -2.46. The lowest BCUT2D eigenvalue weighted by Gasteiger charge is -2.21. The number of aliphatic hydroxyl groups excluding tert-OH is 1. The maximum absolute atomic E-state index is 12.6. The maximum Gasteiger partial charge on any atom is 0.501 e. The summed E-state index contributed by atoms with van der Waals surface area (Å²) < 4.78 is 60.7. The fourth-order valence-electron chi connectivity index (χ4n) is 2.72. The number of hydrogen-bond donors (Lipinski definition) is 4. The van der Waals surface area contributed by atoms with Crippen LogP contribution in [0.5, 0.6) is 0 Å². The van der Waals surface area contributed by atoms with Crippen LogP contribution in [-0.2, 0) is 14.6 Å².